The smallest absolute Gasteiger partial charge is 0.0818 e. The zero-order valence-corrected chi connectivity index (χ0v) is 12.9. The molecular formula is C20H17N3. The van der Waals surface area contributed by atoms with E-state index in [4.69, 9.17) is 4.98 Å². The van der Waals surface area contributed by atoms with Gasteiger partial charge in [0.15, 0.2) is 0 Å². The summed E-state index contributed by atoms with van der Waals surface area (Å²) in [6.45, 7) is 0. The molecule has 0 aliphatic heterocycles. The molecule has 3 heteroatoms. The van der Waals surface area contributed by atoms with Crippen LogP contribution in [0.1, 0.15) is 37.2 Å². The number of hydrogen-bond donors (Lipinski definition) is 0. The molecule has 1 aliphatic carbocycles. The molecule has 0 unspecified atom stereocenters. The molecule has 112 valence electrons. The minimum Gasteiger partial charge on any atom is -0.255 e. The molecule has 0 radical (unpaired) electrons. The van der Waals surface area contributed by atoms with E-state index in [2.05, 4.69) is 34.4 Å². The van der Waals surface area contributed by atoms with Crippen LogP contribution in [0, 0.1) is 0 Å². The standard InChI is InChI=1S/C20H17N3/c1-2-6-13(5-1)14-11-17-19-15(7-3-10-22-19)18-16(8-4-9-21-18)20(17)23-12-14/h3-4,7-13H,1-2,5-6H2. The van der Waals surface area contributed by atoms with Crippen molar-refractivity contribution in [1.82, 2.24) is 15.0 Å². The molecule has 1 saturated carbocycles. The van der Waals surface area contributed by atoms with Gasteiger partial charge in [0, 0.05) is 34.7 Å². The van der Waals surface area contributed by atoms with Gasteiger partial charge in [-0.3, -0.25) is 15.0 Å². The highest BCUT2D eigenvalue weighted by atomic mass is 14.7. The molecule has 1 fully saturated rings. The molecule has 3 aromatic heterocycles. The largest absolute Gasteiger partial charge is 0.255 e. The highest BCUT2D eigenvalue weighted by molar-refractivity contribution is 6.21. The van der Waals surface area contributed by atoms with E-state index >= 15 is 0 Å². The van der Waals surface area contributed by atoms with Gasteiger partial charge >= 0.3 is 0 Å². The van der Waals surface area contributed by atoms with Crippen LogP contribution in [-0.4, -0.2) is 15.0 Å². The van der Waals surface area contributed by atoms with Crippen LogP contribution in [0.5, 0.6) is 0 Å². The Bertz CT molecular complexity index is 998. The van der Waals surface area contributed by atoms with E-state index in [1.807, 2.05) is 24.5 Å². The molecule has 0 atom stereocenters. The third-order valence-corrected chi connectivity index (χ3v) is 5.12. The fourth-order valence-corrected chi connectivity index (χ4v) is 3.98. The van der Waals surface area contributed by atoms with Gasteiger partial charge in [0.05, 0.1) is 16.6 Å². The van der Waals surface area contributed by atoms with Crippen molar-refractivity contribution in [3.05, 3.63) is 54.5 Å². The van der Waals surface area contributed by atoms with Gasteiger partial charge in [0.2, 0.25) is 0 Å². The molecule has 1 aliphatic rings. The zero-order chi connectivity index (χ0) is 15.2. The second-order valence-electron chi connectivity index (χ2n) is 6.45. The van der Waals surface area contributed by atoms with Crippen molar-refractivity contribution < 1.29 is 0 Å². The molecule has 1 aromatic carbocycles. The van der Waals surface area contributed by atoms with Crippen LogP contribution in [0.3, 0.4) is 0 Å². The van der Waals surface area contributed by atoms with E-state index in [1.54, 1.807) is 0 Å². The number of rotatable bonds is 1. The molecule has 3 nitrogen and oxygen atoms in total. The second-order valence-corrected chi connectivity index (χ2v) is 6.45. The van der Waals surface area contributed by atoms with Crippen molar-refractivity contribution in [2.24, 2.45) is 0 Å². The summed E-state index contributed by atoms with van der Waals surface area (Å²) in [6, 6.07) is 10.5. The second kappa shape index (κ2) is 4.98. The van der Waals surface area contributed by atoms with Gasteiger partial charge in [-0.25, -0.2) is 0 Å². The Labute approximate surface area is 134 Å². The predicted octanol–water partition coefficient (Wildman–Crippen LogP) is 4.99. The summed E-state index contributed by atoms with van der Waals surface area (Å²) in [5, 5.41) is 3.38. The highest BCUT2D eigenvalue weighted by Crippen LogP contribution is 2.37. The van der Waals surface area contributed by atoms with E-state index < -0.39 is 0 Å². The Hall–Kier alpha value is -2.55. The Morgan fingerprint density at radius 1 is 0.739 bits per heavy atom. The number of nitrogens with zero attached hydrogens (tertiary/aromatic N) is 3. The van der Waals surface area contributed by atoms with E-state index in [0.717, 1.165) is 32.7 Å². The van der Waals surface area contributed by atoms with Crippen LogP contribution < -0.4 is 0 Å². The number of benzene rings is 1. The Balaban J connectivity index is 1.92. The van der Waals surface area contributed by atoms with Crippen molar-refractivity contribution in [2.45, 2.75) is 31.6 Å². The van der Waals surface area contributed by atoms with Crippen LogP contribution in [-0.2, 0) is 0 Å². The molecule has 0 spiro atoms. The zero-order valence-electron chi connectivity index (χ0n) is 12.9. The summed E-state index contributed by atoms with van der Waals surface area (Å²) in [5.41, 5.74) is 4.39. The maximum atomic E-state index is 4.82. The monoisotopic (exact) mass is 299 g/mol. The molecule has 5 rings (SSSR count). The van der Waals surface area contributed by atoms with Crippen molar-refractivity contribution in [1.29, 1.82) is 0 Å². The van der Waals surface area contributed by atoms with Crippen LogP contribution in [0.15, 0.2) is 48.9 Å². The van der Waals surface area contributed by atoms with Gasteiger partial charge in [0.1, 0.15) is 0 Å². The molecular weight excluding hydrogens is 282 g/mol. The first-order valence-corrected chi connectivity index (χ1v) is 8.33. The Morgan fingerprint density at radius 2 is 1.35 bits per heavy atom. The number of fused-ring (bicyclic) bond motifs is 6. The lowest BCUT2D eigenvalue weighted by Crippen LogP contribution is -1.96. The normalized spacial score (nSPS) is 15.8. The van der Waals surface area contributed by atoms with Gasteiger partial charge in [-0.2, -0.15) is 0 Å². The fourth-order valence-electron chi connectivity index (χ4n) is 3.98. The summed E-state index contributed by atoms with van der Waals surface area (Å²) in [7, 11) is 0. The van der Waals surface area contributed by atoms with Gasteiger partial charge in [0.25, 0.3) is 0 Å². The van der Waals surface area contributed by atoms with Gasteiger partial charge in [-0.05, 0) is 54.7 Å². The van der Waals surface area contributed by atoms with Crippen LogP contribution in [0.2, 0.25) is 0 Å². The van der Waals surface area contributed by atoms with Crippen LogP contribution >= 0.6 is 0 Å². The minimum atomic E-state index is 0.662. The number of pyridine rings is 3. The maximum Gasteiger partial charge on any atom is 0.0818 e. The van der Waals surface area contributed by atoms with Gasteiger partial charge in [-0.15, -0.1) is 0 Å². The van der Waals surface area contributed by atoms with Crippen molar-refractivity contribution in [2.75, 3.05) is 0 Å². The Morgan fingerprint density at radius 3 is 2.04 bits per heavy atom. The topological polar surface area (TPSA) is 38.7 Å². The van der Waals surface area contributed by atoms with Crippen molar-refractivity contribution >= 4 is 32.7 Å². The molecule has 0 saturated heterocycles. The number of hydrogen-bond acceptors (Lipinski definition) is 3. The van der Waals surface area contributed by atoms with E-state index in [0.29, 0.717) is 5.92 Å². The quantitative estimate of drug-likeness (QED) is 0.465. The highest BCUT2D eigenvalue weighted by Gasteiger charge is 2.19. The summed E-state index contributed by atoms with van der Waals surface area (Å²) in [6.07, 6.45) is 11.0. The lowest BCUT2D eigenvalue weighted by molar-refractivity contribution is 0.721. The molecule has 4 aromatic rings. The molecule has 0 N–H and O–H groups in total. The van der Waals surface area contributed by atoms with Gasteiger partial charge < -0.3 is 0 Å². The minimum absolute atomic E-state index is 0.662. The van der Waals surface area contributed by atoms with Crippen LogP contribution in [0.25, 0.3) is 32.7 Å². The Kier molecular flexibility index (Phi) is 2.80. The molecule has 3 heterocycles. The summed E-state index contributed by atoms with van der Waals surface area (Å²) >= 11 is 0. The first-order chi connectivity index (χ1) is 11.4. The lowest BCUT2D eigenvalue weighted by Gasteiger charge is -2.12. The van der Waals surface area contributed by atoms with E-state index in [-0.39, 0.29) is 0 Å². The average Bonchev–Trinajstić information content (AvgIpc) is 3.16. The fraction of sp³-hybridized carbons (Fsp3) is 0.250. The van der Waals surface area contributed by atoms with E-state index in [1.165, 1.54) is 31.2 Å². The third-order valence-electron chi connectivity index (χ3n) is 5.12. The first-order valence-electron chi connectivity index (χ1n) is 8.33. The summed E-state index contributed by atoms with van der Waals surface area (Å²) < 4.78 is 0. The first kappa shape index (κ1) is 12.9. The summed E-state index contributed by atoms with van der Waals surface area (Å²) in [5.74, 6) is 0.662. The third kappa shape index (κ3) is 1.93. The summed E-state index contributed by atoms with van der Waals surface area (Å²) in [4.78, 5) is 14.1. The number of aromatic nitrogens is 3. The maximum absolute atomic E-state index is 4.82. The molecule has 0 amide bonds. The van der Waals surface area contributed by atoms with Crippen molar-refractivity contribution in [3.63, 3.8) is 0 Å². The lowest BCUT2D eigenvalue weighted by atomic mass is 9.96. The SMILES string of the molecule is c1cnc2c(c1)c1ncccc1c1ncc(C3CCCC3)cc21. The van der Waals surface area contributed by atoms with Crippen molar-refractivity contribution in [3.8, 4) is 0 Å². The predicted molar refractivity (Wildman–Crippen MR) is 93.6 cm³/mol. The average molecular weight is 299 g/mol. The molecule has 23 heavy (non-hydrogen) atoms. The van der Waals surface area contributed by atoms with Crippen LogP contribution in [0.4, 0.5) is 0 Å². The van der Waals surface area contributed by atoms with Gasteiger partial charge in [-0.1, -0.05) is 12.8 Å². The molecule has 0 bridgehead atoms. The van der Waals surface area contributed by atoms with E-state index in [9.17, 15) is 0 Å².